The van der Waals surface area contributed by atoms with Gasteiger partial charge in [-0.15, -0.1) is 0 Å². The molecule has 7 nitrogen and oxygen atoms in total. The largest absolute Gasteiger partial charge is 0.444 e. The van der Waals surface area contributed by atoms with Gasteiger partial charge in [0.25, 0.3) is 0 Å². The lowest BCUT2D eigenvalue weighted by Gasteiger charge is -2.19. The molecule has 1 aromatic heterocycles. The normalized spacial score (nSPS) is 11.6. The number of amides is 1. The van der Waals surface area contributed by atoms with Gasteiger partial charge < -0.3 is 9.73 Å². The molecule has 0 radical (unpaired) electrons. The van der Waals surface area contributed by atoms with E-state index in [0.717, 1.165) is 5.56 Å². The van der Waals surface area contributed by atoms with Gasteiger partial charge in [-0.25, -0.2) is 13.4 Å². The van der Waals surface area contributed by atoms with Crippen LogP contribution in [0.3, 0.4) is 0 Å². The van der Waals surface area contributed by atoms with Crippen molar-refractivity contribution in [2.75, 3.05) is 18.4 Å². The van der Waals surface area contributed by atoms with Crippen LogP contribution in [-0.4, -0.2) is 36.7 Å². The van der Waals surface area contributed by atoms with Gasteiger partial charge in [0.1, 0.15) is 6.26 Å². The van der Waals surface area contributed by atoms with Crippen molar-refractivity contribution in [1.29, 1.82) is 0 Å². The second-order valence-corrected chi connectivity index (χ2v) is 8.81. The Hall–Kier alpha value is -2.68. The number of benzene rings is 2. The second-order valence-electron chi connectivity index (χ2n) is 6.47. The summed E-state index contributed by atoms with van der Waals surface area (Å²) >= 11 is 6.17. The van der Waals surface area contributed by atoms with Gasteiger partial charge in [0.2, 0.25) is 21.8 Å². The monoisotopic (exact) mass is 447 g/mol. The van der Waals surface area contributed by atoms with Crippen LogP contribution in [0.1, 0.15) is 19.5 Å². The van der Waals surface area contributed by atoms with Crippen LogP contribution in [0.4, 0.5) is 5.69 Å². The molecule has 3 rings (SSSR count). The van der Waals surface area contributed by atoms with Gasteiger partial charge in [-0.2, -0.15) is 4.31 Å². The predicted octanol–water partition coefficient (Wildman–Crippen LogP) is 4.21. The summed E-state index contributed by atoms with van der Waals surface area (Å²) in [5.74, 6) is 0.0333. The summed E-state index contributed by atoms with van der Waals surface area (Å²) in [5.41, 5.74) is 1.48. The fraction of sp³-hybridized carbons (Fsp3) is 0.238. The summed E-state index contributed by atoms with van der Waals surface area (Å²) in [6, 6.07) is 13.6. The van der Waals surface area contributed by atoms with Crippen molar-refractivity contribution in [2.45, 2.75) is 25.2 Å². The van der Waals surface area contributed by atoms with Crippen molar-refractivity contribution in [3.8, 4) is 11.5 Å². The number of aromatic nitrogens is 1. The molecule has 0 saturated carbocycles. The van der Waals surface area contributed by atoms with Crippen LogP contribution in [0.15, 0.2) is 64.1 Å². The van der Waals surface area contributed by atoms with Gasteiger partial charge >= 0.3 is 0 Å². The predicted molar refractivity (Wildman–Crippen MR) is 116 cm³/mol. The van der Waals surface area contributed by atoms with Gasteiger partial charge in [-0.1, -0.05) is 43.6 Å². The number of nitrogens with one attached hydrogen (secondary N) is 1. The Morgan fingerprint density at radius 1 is 1.13 bits per heavy atom. The standard InChI is InChI=1S/C21H22ClN3O4S/c1-3-25(4-2)30(27,28)17-10-11-18(22)19(13-17)24-20(26)12-16-14-29-21(23-16)15-8-6-5-7-9-15/h5-11,13-14H,3-4,12H2,1-2H3,(H,24,26). The summed E-state index contributed by atoms with van der Waals surface area (Å²) in [5, 5.41) is 2.90. The summed E-state index contributed by atoms with van der Waals surface area (Å²) in [6.45, 7) is 4.22. The average molecular weight is 448 g/mol. The molecule has 0 aliphatic heterocycles. The van der Waals surface area contributed by atoms with Crippen LogP contribution in [0.5, 0.6) is 0 Å². The molecular weight excluding hydrogens is 426 g/mol. The van der Waals surface area contributed by atoms with Gasteiger partial charge in [0, 0.05) is 18.7 Å². The lowest BCUT2D eigenvalue weighted by molar-refractivity contribution is -0.115. The zero-order valence-corrected chi connectivity index (χ0v) is 18.2. The van der Waals surface area contributed by atoms with Crippen molar-refractivity contribution >= 4 is 33.2 Å². The van der Waals surface area contributed by atoms with Crippen LogP contribution >= 0.6 is 11.6 Å². The zero-order valence-electron chi connectivity index (χ0n) is 16.6. The van der Waals surface area contributed by atoms with Gasteiger partial charge in [-0.05, 0) is 30.3 Å². The summed E-state index contributed by atoms with van der Waals surface area (Å²) < 4.78 is 32.2. The minimum absolute atomic E-state index is 0.0420. The first-order chi connectivity index (χ1) is 14.3. The molecule has 0 spiro atoms. The van der Waals surface area contributed by atoms with Crippen LogP contribution in [-0.2, 0) is 21.2 Å². The van der Waals surface area contributed by atoms with Gasteiger partial charge in [0.15, 0.2) is 0 Å². The maximum Gasteiger partial charge on any atom is 0.243 e. The van der Waals surface area contributed by atoms with Crippen molar-refractivity contribution < 1.29 is 17.6 Å². The first-order valence-electron chi connectivity index (χ1n) is 9.44. The van der Waals surface area contributed by atoms with Crippen LogP contribution in [0, 0.1) is 0 Å². The molecule has 0 fully saturated rings. The Balaban J connectivity index is 1.75. The fourth-order valence-electron chi connectivity index (χ4n) is 2.93. The summed E-state index contributed by atoms with van der Waals surface area (Å²) in [6.07, 6.45) is 1.38. The third kappa shape index (κ3) is 4.89. The minimum atomic E-state index is -3.67. The van der Waals surface area contributed by atoms with Crippen molar-refractivity contribution in [2.24, 2.45) is 0 Å². The third-order valence-corrected chi connectivity index (χ3v) is 6.84. The van der Waals surface area contributed by atoms with E-state index in [4.69, 9.17) is 16.0 Å². The minimum Gasteiger partial charge on any atom is -0.444 e. The third-order valence-electron chi connectivity index (χ3n) is 4.47. The SMILES string of the molecule is CCN(CC)S(=O)(=O)c1ccc(Cl)c(NC(=O)Cc2coc(-c3ccccc3)n2)c1. The number of sulfonamides is 1. The first kappa shape index (κ1) is 22.0. The molecule has 1 N–H and O–H groups in total. The molecule has 0 unspecified atom stereocenters. The van der Waals surface area contributed by atoms with E-state index >= 15 is 0 Å². The van der Waals surface area contributed by atoms with E-state index in [1.165, 1.54) is 28.8 Å². The van der Waals surface area contributed by atoms with E-state index < -0.39 is 10.0 Å². The second kappa shape index (κ2) is 9.42. The number of carbonyl (C=O) groups excluding carboxylic acids is 1. The summed E-state index contributed by atoms with van der Waals surface area (Å²) in [7, 11) is -3.67. The number of hydrogen-bond donors (Lipinski definition) is 1. The van der Waals surface area contributed by atoms with Crippen molar-refractivity contribution in [3.05, 3.63) is 65.5 Å². The molecule has 3 aromatic rings. The van der Waals surface area contributed by atoms with E-state index in [0.29, 0.717) is 24.7 Å². The van der Waals surface area contributed by atoms with E-state index in [1.54, 1.807) is 13.8 Å². The Morgan fingerprint density at radius 2 is 1.83 bits per heavy atom. The van der Waals surface area contributed by atoms with Crippen LogP contribution in [0.25, 0.3) is 11.5 Å². The Bertz CT molecular complexity index is 1130. The molecule has 1 heterocycles. The van der Waals surface area contributed by atoms with Crippen LogP contribution in [0.2, 0.25) is 5.02 Å². The molecule has 2 aromatic carbocycles. The van der Waals surface area contributed by atoms with E-state index in [1.807, 2.05) is 30.3 Å². The van der Waals surface area contributed by atoms with Crippen molar-refractivity contribution in [1.82, 2.24) is 9.29 Å². The first-order valence-corrected chi connectivity index (χ1v) is 11.3. The van der Waals surface area contributed by atoms with E-state index in [-0.39, 0.29) is 27.9 Å². The maximum atomic E-state index is 12.7. The Kier molecular flexibility index (Phi) is 6.91. The molecule has 1 amide bonds. The lowest BCUT2D eigenvalue weighted by Crippen LogP contribution is -2.30. The molecule has 0 bridgehead atoms. The number of hydrogen-bond acceptors (Lipinski definition) is 5. The highest BCUT2D eigenvalue weighted by Gasteiger charge is 2.23. The number of nitrogens with zero attached hydrogens (tertiary/aromatic N) is 2. The topological polar surface area (TPSA) is 92.5 Å². The highest BCUT2D eigenvalue weighted by atomic mass is 35.5. The number of halogens is 1. The number of carbonyl (C=O) groups is 1. The van der Waals surface area contributed by atoms with Crippen LogP contribution < -0.4 is 5.32 Å². The smallest absolute Gasteiger partial charge is 0.243 e. The highest BCUT2D eigenvalue weighted by Crippen LogP contribution is 2.27. The Labute approximate surface area is 180 Å². The molecule has 0 atom stereocenters. The number of anilines is 1. The molecule has 0 aliphatic rings. The van der Waals surface area contributed by atoms with E-state index in [9.17, 15) is 13.2 Å². The van der Waals surface area contributed by atoms with Crippen molar-refractivity contribution in [3.63, 3.8) is 0 Å². The Morgan fingerprint density at radius 3 is 2.50 bits per heavy atom. The zero-order chi connectivity index (χ0) is 21.7. The molecule has 30 heavy (non-hydrogen) atoms. The average Bonchev–Trinajstić information content (AvgIpc) is 3.19. The highest BCUT2D eigenvalue weighted by molar-refractivity contribution is 7.89. The number of oxazole rings is 1. The summed E-state index contributed by atoms with van der Waals surface area (Å²) in [4.78, 5) is 16.9. The molecule has 0 saturated heterocycles. The molecule has 0 aliphatic carbocycles. The molecule has 158 valence electrons. The van der Waals surface area contributed by atoms with Gasteiger partial charge in [0.05, 0.1) is 27.7 Å². The number of rotatable bonds is 8. The fourth-order valence-corrected chi connectivity index (χ4v) is 4.58. The molecular formula is C21H22ClN3O4S. The van der Waals surface area contributed by atoms with Gasteiger partial charge in [-0.3, -0.25) is 4.79 Å². The van der Waals surface area contributed by atoms with E-state index in [2.05, 4.69) is 10.3 Å². The lowest BCUT2D eigenvalue weighted by atomic mass is 10.2. The maximum absolute atomic E-state index is 12.7. The molecule has 9 heteroatoms. The quantitative estimate of drug-likeness (QED) is 0.558.